The van der Waals surface area contributed by atoms with Crippen molar-refractivity contribution < 1.29 is 18.8 Å². The second-order valence-corrected chi connectivity index (χ2v) is 7.95. The van der Waals surface area contributed by atoms with Gasteiger partial charge in [0.25, 0.3) is 0 Å². The van der Waals surface area contributed by atoms with Gasteiger partial charge in [0, 0.05) is 24.6 Å². The van der Waals surface area contributed by atoms with Crippen LogP contribution < -0.4 is 14.8 Å². The summed E-state index contributed by atoms with van der Waals surface area (Å²) in [5, 5.41) is 6.84. The Balaban J connectivity index is 1.29. The lowest BCUT2D eigenvalue weighted by molar-refractivity contribution is -0.116. The first-order valence-electron chi connectivity index (χ1n) is 11.1. The molecule has 1 aliphatic rings. The molecule has 0 aliphatic heterocycles. The zero-order chi connectivity index (χ0) is 22.2. The molecule has 0 saturated heterocycles. The van der Waals surface area contributed by atoms with Crippen LogP contribution in [0.25, 0.3) is 11.4 Å². The van der Waals surface area contributed by atoms with E-state index in [1.54, 1.807) is 13.3 Å². The van der Waals surface area contributed by atoms with Crippen molar-refractivity contribution in [2.45, 2.75) is 44.9 Å². The molecule has 1 saturated carbocycles. The third-order valence-electron chi connectivity index (χ3n) is 5.61. The van der Waals surface area contributed by atoms with Crippen molar-refractivity contribution in [1.82, 2.24) is 15.1 Å². The number of hydrogen-bond acceptors (Lipinski definition) is 7. The Kier molecular flexibility index (Phi) is 7.32. The predicted octanol–water partition coefficient (Wildman–Crippen LogP) is 4.67. The Labute approximate surface area is 187 Å². The largest absolute Gasteiger partial charge is 0.497 e. The van der Waals surface area contributed by atoms with Crippen LogP contribution in [0, 0.1) is 5.92 Å². The van der Waals surface area contributed by atoms with Crippen LogP contribution in [-0.4, -0.2) is 34.7 Å². The van der Waals surface area contributed by atoms with E-state index in [-0.39, 0.29) is 12.3 Å². The van der Waals surface area contributed by atoms with E-state index >= 15 is 0 Å². The highest BCUT2D eigenvalue weighted by atomic mass is 16.5. The van der Waals surface area contributed by atoms with Crippen LogP contribution in [-0.2, 0) is 11.2 Å². The molecule has 0 radical (unpaired) electrons. The summed E-state index contributed by atoms with van der Waals surface area (Å²) in [7, 11) is 1.61. The van der Waals surface area contributed by atoms with Crippen molar-refractivity contribution in [3.05, 3.63) is 48.5 Å². The Morgan fingerprint density at radius 1 is 1.16 bits per heavy atom. The number of hydrogen-bond donors (Lipinski definition) is 1. The van der Waals surface area contributed by atoms with Crippen LogP contribution in [0.4, 0.5) is 5.82 Å². The first kappa shape index (κ1) is 21.8. The number of rotatable bonds is 9. The van der Waals surface area contributed by atoms with Gasteiger partial charge in [0.05, 0.1) is 13.7 Å². The fourth-order valence-electron chi connectivity index (χ4n) is 3.79. The van der Waals surface area contributed by atoms with Crippen LogP contribution in [0.1, 0.15) is 44.4 Å². The summed E-state index contributed by atoms with van der Waals surface area (Å²) in [4.78, 5) is 21.1. The van der Waals surface area contributed by atoms with Crippen molar-refractivity contribution in [1.29, 1.82) is 0 Å². The van der Waals surface area contributed by atoms with Crippen LogP contribution in [0.3, 0.4) is 0 Å². The lowest BCUT2D eigenvalue weighted by Crippen LogP contribution is -2.18. The molecular weight excluding hydrogens is 408 g/mol. The topological polar surface area (TPSA) is 99.4 Å². The number of carbonyl (C=O) groups excluding carboxylic acids is 1. The van der Waals surface area contributed by atoms with Gasteiger partial charge >= 0.3 is 0 Å². The summed E-state index contributed by atoms with van der Waals surface area (Å²) < 4.78 is 16.4. The van der Waals surface area contributed by atoms with Crippen molar-refractivity contribution in [2.24, 2.45) is 5.92 Å². The number of anilines is 1. The summed E-state index contributed by atoms with van der Waals surface area (Å²) >= 11 is 0. The highest BCUT2D eigenvalue weighted by Gasteiger charge is 2.16. The molecule has 0 bridgehead atoms. The molecule has 1 N–H and O–H groups in total. The molecule has 2 aromatic heterocycles. The van der Waals surface area contributed by atoms with Gasteiger partial charge in [-0.25, -0.2) is 4.98 Å². The lowest BCUT2D eigenvalue weighted by Gasteiger charge is -2.22. The number of pyridine rings is 1. The highest BCUT2D eigenvalue weighted by molar-refractivity contribution is 5.91. The minimum Gasteiger partial charge on any atom is -0.497 e. The number of methoxy groups -OCH3 is 1. The first-order valence-corrected chi connectivity index (χ1v) is 11.1. The molecule has 1 aliphatic carbocycles. The van der Waals surface area contributed by atoms with E-state index in [0.717, 1.165) is 11.3 Å². The smallest absolute Gasteiger partial charge is 0.227 e. The van der Waals surface area contributed by atoms with Gasteiger partial charge in [0.2, 0.25) is 17.6 Å². The van der Waals surface area contributed by atoms with Gasteiger partial charge in [-0.1, -0.05) is 24.4 Å². The Hall–Kier alpha value is -3.42. The maximum Gasteiger partial charge on any atom is 0.227 e. The number of nitrogens with one attached hydrogen (secondary N) is 1. The van der Waals surface area contributed by atoms with Crippen LogP contribution >= 0.6 is 0 Å². The molecule has 0 atom stereocenters. The molecule has 3 aromatic rings. The molecule has 168 valence electrons. The molecule has 32 heavy (non-hydrogen) atoms. The third-order valence-corrected chi connectivity index (χ3v) is 5.61. The molecule has 8 heteroatoms. The number of amides is 1. The monoisotopic (exact) mass is 436 g/mol. The van der Waals surface area contributed by atoms with Crippen molar-refractivity contribution in [3.8, 4) is 22.9 Å². The van der Waals surface area contributed by atoms with E-state index in [1.807, 2.05) is 36.4 Å². The third kappa shape index (κ3) is 5.84. The van der Waals surface area contributed by atoms with Crippen LogP contribution in [0.2, 0.25) is 0 Å². The van der Waals surface area contributed by atoms with E-state index < -0.39 is 0 Å². The van der Waals surface area contributed by atoms with E-state index in [1.165, 1.54) is 32.1 Å². The Morgan fingerprint density at radius 2 is 1.97 bits per heavy atom. The number of benzene rings is 1. The predicted molar refractivity (Wildman–Crippen MR) is 120 cm³/mol. The second-order valence-electron chi connectivity index (χ2n) is 7.95. The van der Waals surface area contributed by atoms with Crippen molar-refractivity contribution >= 4 is 11.7 Å². The molecule has 1 amide bonds. The fraction of sp³-hybridized carbons (Fsp3) is 0.417. The Morgan fingerprint density at radius 3 is 2.75 bits per heavy atom. The van der Waals surface area contributed by atoms with Gasteiger partial charge in [-0.3, -0.25) is 4.79 Å². The second kappa shape index (κ2) is 10.7. The van der Waals surface area contributed by atoms with E-state index in [9.17, 15) is 4.79 Å². The molecule has 0 unspecified atom stereocenters. The van der Waals surface area contributed by atoms with E-state index in [4.69, 9.17) is 14.0 Å². The van der Waals surface area contributed by atoms with Crippen LogP contribution in [0.5, 0.6) is 11.5 Å². The quantitative estimate of drug-likeness (QED) is 0.520. The molecule has 8 nitrogen and oxygen atoms in total. The molecule has 1 fully saturated rings. The summed E-state index contributed by atoms with van der Waals surface area (Å²) in [6.07, 6.45) is 8.41. The zero-order valence-corrected chi connectivity index (χ0v) is 18.3. The lowest BCUT2D eigenvalue weighted by atomic mass is 9.90. The average Bonchev–Trinajstić information content (AvgIpc) is 3.32. The van der Waals surface area contributed by atoms with Gasteiger partial charge < -0.3 is 19.3 Å². The van der Waals surface area contributed by atoms with Gasteiger partial charge in [-0.15, -0.1) is 0 Å². The van der Waals surface area contributed by atoms with Gasteiger partial charge in [0.15, 0.2) is 11.6 Å². The minimum absolute atomic E-state index is 0.185. The number of aryl methyl sites for hydroxylation is 1. The molecule has 0 spiro atoms. The Bertz CT molecular complexity index is 1010. The number of aromatic nitrogens is 3. The zero-order valence-electron chi connectivity index (χ0n) is 18.3. The maximum absolute atomic E-state index is 12.5. The fourth-order valence-corrected chi connectivity index (χ4v) is 3.79. The first-order chi connectivity index (χ1) is 15.7. The average molecular weight is 437 g/mol. The van der Waals surface area contributed by atoms with Crippen LogP contribution in [0.15, 0.2) is 47.1 Å². The number of nitrogens with zero attached hydrogens (tertiary/aromatic N) is 3. The maximum atomic E-state index is 12.5. The molecule has 2 heterocycles. The summed E-state index contributed by atoms with van der Waals surface area (Å²) in [6.45, 7) is 0.657. The van der Waals surface area contributed by atoms with Gasteiger partial charge in [0.1, 0.15) is 5.75 Å². The molecular formula is C24H28N4O4. The number of carbonyl (C=O) groups is 1. The van der Waals surface area contributed by atoms with Gasteiger partial charge in [-0.05, 0) is 55.2 Å². The van der Waals surface area contributed by atoms with E-state index in [0.29, 0.717) is 42.2 Å². The molecule has 1 aromatic carbocycles. The highest BCUT2D eigenvalue weighted by Crippen LogP contribution is 2.27. The minimum atomic E-state index is -0.185. The SMILES string of the molecule is COc1ccc(-c2noc(CCC(=O)Nc3ncccc3OCC3CCCCC3)n2)cc1. The summed E-state index contributed by atoms with van der Waals surface area (Å²) in [5.74, 6) is 3.07. The normalized spacial score (nSPS) is 14.2. The standard InChI is InChI=1S/C24H28N4O4/c1-30-19-11-9-18(10-12-19)23-27-22(32-28-23)14-13-21(29)26-24-20(8-5-15-25-24)31-16-17-6-3-2-4-7-17/h5,8-12,15,17H,2-4,6-7,13-14,16H2,1H3,(H,25,26,29). The van der Waals surface area contributed by atoms with Gasteiger partial charge in [-0.2, -0.15) is 4.98 Å². The summed E-state index contributed by atoms with van der Waals surface area (Å²) in [5.41, 5.74) is 0.818. The molecule has 4 rings (SSSR count). The van der Waals surface area contributed by atoms with E-state index in [2.05, 4.69) is 20.4 Å². The van der Waals surface area contributed by atoms with Crippen molar-refractivity contribution in [3.63, 3.8) is 0 Å². The number of ether oxygens (including phenoxy) is 2. The summed E-state index contributed by atoms with van der Waals surface area (Å²) in [6, 6.07) is 11.0. The van der Waals surface area contributed by atoms with Crippen molar-refractivity contribution in [2.75, 3.05) is 19.0 Å².